The van der Waals surface area contributed by atoms with Crippen LogP contribution in [0.15, 0.2) is 15.3 Å². The molecule has 0 aliphatic rings. The van der Waals surface area contributed by atoms with Crippen LogP contribution < -0.4 is 5.56 Å². The van der Waals surface area contributed by atoms with Gasteiger partial charge in [0, 0.05) is 4.47 Å². The van der Waals surface area contributed by atoms with Crippen molar-refractivity contribution in [1.29, 1.82) is 0 Å². The number of rotatable bonds is 2. The van der Waals surface area contributed by atoms with E-state index in [0.29, 0.717) is 0 Å². The molecule has 0 amide bonds. The number of H-pyrrole nitrogens is 1. The highest BCUT2D eigenvalue weighted by Crippen LogP contribution is 2.34. The van der Waals surface area contributed by atoms with Crippen molar-refractivity contribution in [3.63, 3.8) is 0 Å². The van der Waals surface area contributed by atoms with Gasteiger partial charge in [0.15, 0.2) is 0 Å². The van der Waals surface area contributed by atoms with Gasteiger partial charge in [0.1, 0.15) is 11.3 Å². The van der Waals surface area contributed by atoms with Crippen LogP contribution in [-0.4, -0.2) is 16.1 Å². The zero-order valence-corrected chi connectivity index (χ0v) is 9.19. The summed E-state index contributed by atoms with van der Waals surface area (Å²) in [5, 5.41) is 4.75. The number of aromatic nitrogens is 1. The Morgan fingerprint density at radius 3 is 2.53 bits per heavy atom. The van der Waals surface area contributed by atoms with Crippen LogP contribution in [-0.2, 0) is 5.38 Å². The van der Waals surface area contributed by atoms with E-state index >= 15 is 0 Å². The Balaban J connectivity index is 3.46. The lowest BCUT2D eigenvalue weighted by atomic mass is 10.2. The van der Waals surface area contributed by atoms with Gasteiger partial charge >= 0.3 is 11.4 Å². The number of pyridine rings is 1. The van der Waals surface area contributed by atoms with Gasteiger partial charge < -0.3 is 10.1 Å². The molecule has 1 heterocycles. The zero-order chi connectivity index (χ0) is 11.8. The monoisotopic (exact) mass is 301 g/mol. The number of carbonyl (C=O) groups is 1. The highest BCUT2D eigenvalue weighted by molar-refractivity contribution is 9.10. The number of carboxylic acid groups (broad SMARTS) is 1. The quantitative estimate of drug-likeness (QED) is 0.822. The summed E-state index contributed by atoms with van der Waals surface area (Å²) in [5.41, 5.74) is -2.66. The minimum Gasteiger partial charge on any atom is -0.477 e. The van der Waals surface area contributed by atoms with E-state index < -0.39 is 28.2 Å². The Morgan fingerprint density at radius 1 is 1.60 bits per heavy atom. The molecular weight excluding hydrogens is 299 g/mol. The third-order valence-electron chi connectivity index (χ3n) is 1.51. The van der Waals surface area contributed by atoms with E-state index in [1.807, 2.05) is 0 Å². The molecule has 8 heteroatoms. The minimum atomic E-state index is -3.77. The van der Waals surface area contributed by atoms with Gasteiger partial charge in [-0.15, -0.1) is 0 Å². The van der Waals surface area contributed by atoms with Crippen molar-refractivity contribution in [3.05, 3.63) is 32.2 Å². The van der Waals surface area contributed by atoms with E-state index in [9.17, 15) is 18.4 Å². The van der Waals surface area contributed by atoms with Crippen molar-refractivity contribution in [3.8, 4) is 0 Å². The van der Waals surface area contributed by atoms with Crippen LogP contribution in [0.2, 0.25) is 0 Å². The molecule has 2 N–H and O–H groups in total. The summed E-state index contributed by atoms with van der Waals surface area (Å²) in [4.78, 5) is 23.2. The van der Waals surface area contributed by atoms with E-state index in [1.165, 1.54) is 0 Å². The second-order valence-corrected chi connectivity index (χ2v) is 3.87. The first-order valence-electron chi connectivity index (χ1n) is 3.47. The summed E-state index contributed by atoms with van der Waals surface area (Å²) in [6, 6.07) is 0.771. The van der Waals surface area contributed by atoms with Gasteiger partial charge in [-0.2, -0.15) is 8.78 Å². The molecule has 1 rings (SSSR count). The van der Waals surface area contributed by atoms with Gasteiger partial charge in [-0.1, -0.05) is 0 Å². The maximum Gasteiger partial charge on any atom is 0.363 e. The first-order valence-corrected chi connectivity index (χ1v) is 4.64. The summed E-state index contributed by atoms with van der Waals surface area (Å²) in [6.45, 7) is 0. The lowest BCUT2D eigenvalue weighted by Gasteiger charge is -2.09. The molecule has 0 spiro atoms. The van der Waals surface area contributed by atoms with Gasteiger partial charge in [0.05, 0.1) is 0 Å². The highest BCUT2D eigenvalue weighted by Gasteiger charge is 2.32. The van der Waals surface area contributed by atoms with Crippen molar-refractivity contribution in [2.75, 3.05) is 0 Å². The number of halogens is 4. The van der Waals surface area contributed by atoms with Gasteiger partial charge in [-0.3, -0.25) is 4.79 Å². The molecule has 0 aliphatic carbocycles. The minimum absolute atomic E-state index is 0.278. The molecule has 0 radical (unpaired) electrons. The third kappa shape index (κ3) is 2.54. The SMILES string of the molecule is O=C(O)c1cc(Br)c(C(F)(F)Cl)[nH]c1=O. The van der Waals surface area contributed by atoms with Crippen LogP contribution in [0.4, 0.5) is 8.78 Å². The van der Waals surface area contributed by atoms with Crippen molar-refractivity contribution in [2.45, 2.75) is 5.38 Å². The molecule has 0 unspecified atom stereocenters. The molecule has 15 heavy (non-hydrogen) atoms. The third-order valence-corrected chi connectivity index (χ3v) is 2.32. The zero-order valence-electron chi connectivity index (χ0n) is 6.85. The number of alkyl halides is 3. The van der Waals surface area contributed by atoms with Crippen LogP contribution in [0.3, 0.4) is 0 Å². The maximum atomic E-state index is 12.6. The predicted octanol–water partition coefficient (Wildman–Crippen LogP) is 2.12. The van der Waals surface area contributed by atoms with E-state index in [-0.39, 0.29) is 4.47 Å². The average Bonchev–Trinajstić information content (AvgIpc) is 2.06. The van der Waals surface area contributed by atoms with E-state index in [2.05, 4.69) is 27.5 Å². The Morgan fingerprint density at radius 2 is 2.13 bits per heavy atom. The second-order valence-electron chi connectivity index (χ2n) is 2.54. The predicted molar refractivity (Wildman–Crippen MR) is 51.5 cm³/mol. The molecule has 0 fully saturated rings. The van der Waals surface area contributed by atoms with Crippen LogP contribution in [0.1, 0.15) is 16.1 Å². The largest absolute Gasteiger partial charge is 0.477 e. The molecular formula is C7H3BrClF2NO3. The fraction of sp³-hybridized carbons (Fsp3) is 0.143. The Kier molecular flexibility index (Phi) is 3.15. The molecule has 0 aromatic carbocycles. The molecule has 0 atom stereocenters. The molecule has 0 aliphatic heterocycles. The highest BCUT2D eigenvalue weighted by atomic mass is 79.9. The van der Waals surface area contributed by atoms with E-state index in [1.54, 1.807) is 4.98 Å². The van der Waals surface area contributed by atoms with Crippen LogP contribution >= 0.6 is 27.5 Å². The fourth-order valence-corrected chi connectivity index (χ4v) is 1.71. The summed E-state index contributed by atoms with van der Waals surface area (Å²) < 4.78 is 25.0. The Labute approximate surface area is 95.0 Å². The maximum absolute atomic E-state index is 12.6. The Hall–Kier alpha value is -0.950. The number of nitrogens with one attached hydrogen (secondary N) is 1. The van der Waals surface area contributed by atoms with Gasteiger partial charge in [-0.25, -0.2) is 4.79 Å². The molecule has 82 valence electrons. The summed E-state index contributed by atoms with van der Waals surface area (Å²) >= 11 is 7.37. The summed E-state index contributed by atoms with van der Waals surface area (Å²) in [6.07, 6.45) is 0. The number of carboxylic acids is 1. The standard InChI is InChI=1S/C7H3BrClF2NO3/c8-3-1-2(6(14)15)5(13)12-4(3)7(9,10)11/h1H,(H,12,13)(H,14,15). The number of aromatic carboxylic acids is 1. The molecule has 4 nitrogen and oxygen atoms in total. The van der Waals surface area contributed by atoms with Crippen molar-refractivity contribution >= 4 is 33.5 Å². The summed E-state index contributed by atoms with van der Waals surface area (Å²) in [7, 11) is 0. The normalized spacial score (nSPS) is 11.5. The van der Waals surface area contributed by atoms with Crippen LogP contribution in [0, 0.1) is 0 Å². The lowest BCUT2D eigenvalue weighted by molar-refractivity contribution is 0.0690. The van der Waals surface area contributed by atoms with Gasteiger partial charge in [-0.05, 0) is 33.6 Å². The van der Waals surface area contributed by atoms with Crippen LogP contribution in [0.5, 0.6) is 0 Å². The number of aromatic amines is 1. The van der Waals surface area contributed by atoms with Crippen molar-refractivity contribution < 1.29 is 18.7 Å². The molecule has 1 aromatic heterocycles. The lowest BCUT2D eigenvalue weighted by Crippen LogP contribution is -2.22. The molecule has 0 bridgehead atoms. The first kappa shape index (κ1) is 12.1. The number of hydrogen-bond donors (Lipinski definition) is 2. The van der Waals surface area contributed by atoms with Crippen molar-refractivity contribution in [1.82, 2.24) is 4.98 Å². The Bertz CT molecular complexity index is 468. The smallest absolute Gasteiger partial charge is 0.363 e. The fourth-order valence-electron chi connectivity index (χ4n) is 0.870. The van der Waals surface area contributed by atoms with Crippen molar-refractivity contribution in [2.24, 2.45) is 0 Å². The summed E-state index contributed by atoms with van der Waals surface area (Å²) in [5.74, 6) is -1.51. The van der Waals surface area contributed by atoms with E-state index in [0.717, 1.165) is 6.07 Å². The topological polar surface area (TPSA) is 70.2 Å². The van der Waals surface area contributed by atoms with Gasteiger partial charge in [0.25, 0.3) is 5.56 Å². The molecule has 0 saturated carbocycles. The average molecular weight is 302 g/mol. The van der Waals surface area contributed by atoms with Gasteiger partial charge in [0.2, 0.25) is 0 Å². The second kappa shape index (κ2) is 3.90. The van der Waals surface area contributed by atoms with E-state index in [4.69, 9.17) is 5.11 Å². The molecule has 0 saturated heterocycles. The molecule has 1 aromatic rings. The number of hydrogen-bond acceptors (Lipinski definition) is 2. The van der Waals surface area contributed by atoms with Crippen LogP contribution in [0.25, 0.3) is 0 Å². The first-order chi connectivity index (χ1) is 6.73.